The number of benzene rings is 2. The SMILES string of the molecule is COc1ccc(CNc2ncc(C(=O)Nc3ccccc3Cl)cn2)cc1OC. The lowest BCUT2D eigenvalue weighted by atomic mass is 10.2. The summed E-state index contributed by atoms with van der Waals surface area (Å²) in [5.41, 5.74) is 1.84. The van der Waals surface area contributed by atoms with Crippen molar-refractivity contribution in [2.45, 2.75) is 6.54 Å². The molecule has 0 aliphatic rings. The summed E-state index contributed by atoms with van der Waals surface area (Å²) in [5.74, 6) is 1.38. The molecular formula is C20H19ClN4O3. The standard InChI is InChI=1S/C20H19ClN4O3/c1-27-17-8-7-13(9-18(17)28-2)10-22-20-23-11-14(12-24-20)19(26)25-16-6-4-3-5-15(16)21/h3-9,11-12H,10H2,1-2H3,(H,25,26)(H,22,23,24). The van der Waals surface area contributed by atoms with Crippen molar-refractivity contribution in [1.29, 1.82) is 0 Å². The van der Waals surface area contributed by atoms with Gasteiger partial charge in [0.05, 0.1) is 30.5 Å². The second-order valence-electron chi connectivity index (χ2n) is 5.77. The normalized spacial score (nSPS) is 10.2. The average Bonchev–Trinajstić information content (AvgIpc) is 2.74. The van der Waals surface area contributed by atoms with Crippen LogP contribution in [0.15, 0.2) is 54.9 Å². The molecule has 28 heavy (non-hydrogen) atoms. The highest BCUT2D eigenvalue weighted by Gasteiger charge is 2.10. The van der Waals surface area contributed by atoms with Gasteiger partial charge in [0.2, 0.25) is 5.95 Å². The summed E-state index contributed by atoms with van der Waals surface area (Å²) in [6, 6.07) is 12.6. The number of nitrogens with zero attached hydrogens (tertiary/aromatic N) is 2. The molecule has 3 rings (SSSR count). The smallest absolute Gasteiger partial charge is 0.258 e. The molecule has 2 N–H and O–H groups in total. The van der Waals surface area contributed by atoms with Crippen molar-refractivity contribution in [1.82, 2.24) is 9.97 Å². The van der Waals surface area contributed by atoms with Crippen molar-refractivity contribution in [2.75, 3.05) is 24.9 Å². The minimum atomic E-state index is -0.334. The lowest BCUT2D eigenvalue weighted by Gasteiger charge is -2.10. The molecule has 8 heteroatoms. The Balaban J connectivity index is 1.61. The number of aromatic nitrogens is 2. The Morgan fingerprint density at radius 3 is 2.43 bits per heavy atom. The minimum absolute atomic E-state index is 0.330. The molecule has 0 atom stereocenters. The van der Waals surface area contributed by atoms with Gasteiger partial charge in [-0.25, -0.2) is 9.97 Å². The van der Waals surface area contributed by atoms with Crippen LogP contribution in [0.1, 0.15) is 15.9 Å². The fourth-order valence-corrected chi connectivity index (χ4v) is 2.65. The number of carbonyl (C=O) groups excluding carboxylic acids is 1. The molecule has 2 aromatic carbocycles. The van der Waals surface area contributed by atoms with E-state index in [0.29, 0.717) is 40.3 Å². The molecule has 0 saturated heterocycles. The number of rotatable bonds is 7. The largest absolute Gasteiger partial charge is 0.493 e. The van der Waals surface area contributed by atoms with Crippen molar-refractivity contribution in [2.24, 2.45) is 0 Å². The van der Waals surface area contributed by atoms with Crippen molar-refractivity contribution < 1.29 is 14.3 Å². The molecule has 0 unspecified atom stereocenters. The van der Waals surface area contributed by atoms with Gasteiger partial charge in [-0.05, 0) is 29.8 Å². The van der Waals surface area contributed by atoms with Crippen LogP contribution in [0.2, 0.25) is 5.02 Å². The predicted octanol–water partition coefficient (Wildman–Crippen LogP) is 4.01. The zero-order valence-corrected chi connectivity index (χ0v) is 16.2. The van der Waals surface area contributed by atoms with E-state index in [0.717, 1.165) is 5.56 Å². The van der Waals surface area contributed by atoms with E-state index in [1.165, 1.54) is 12.4 Å². The summed E-state index contributed by atoms with van der Waals surface area (Å²) in [6.45, 7) is 0.492. The first-order chi connectivity index (χ1) is 13.6. The molecule has 1 heterocycles. The second-order valence-corrected chi connectivity index (χ2v) is 6.18. The minimum Gasteiger partial charge on any atom is -0.493 e. The number of para-hydroxylation sites is 1. The first-order valence-corrected chi connectivity index (χ1v) is 8.81. The summed E-state index contributed by atoms with van der Waals surface area (Å²) in [6.07, 6.45) is 2.91. The Morgan fingerprint density at radius 2 is 1.75 bits per heavy atom. The molecule has 0 aliphatic heterocycles. The van der Waals surface area contributed by atoms with E-state index in [1.807, 2.05) is 18.2 Å². The van der Waals surface area contributed by atoms with Gasteiger partial charge in [-0.2, -0.15) is 0 Å². The highest BCUT2D eigenvalue weighted by atomic mass is 35.5. The van der Waals surface area contributed by atoms with E-state index in [-0.39, 0.29) is 5.91 Å². The third-order valence-electron chi connectivity index (χ3n) is 3.93. The molecule has 144 valence electrons. The summed E-state index contributed by atoms with van der Waals surface area (Å²) in [4.78, 5) is 20.7. The van der Waals surface area contributed by atoms with E-state index in [4.69, 9.17) is 21.1 Å². The molecule has 0 radical (unpaired) electrons. The monoisotopic (exact) mass is 398 g/mol. The molecule has 1 aromatic heterocycles. The van der Waals surface area contributed by atoms with Gasteiger partial charge in [0, 0.05) is 18.9 Å². The number of halogens is 1. The molecular weight excluding hydrogens is 380 g/mol. The molecule has 0 saturated carbocycles. The van der Waals surface area contributed by atoms with E-state index in [9.17, 15) is 4.79 Å². The van der Waals surface area contributed by atoms with Gasteiger partial charge in [-0.15, -0.1) is 0 Å². The number of hydrogen-bond acceptors (Lipinski definition) is 6. The highest BCUT2D eigenvalue weighted by Crippen LogP contribution is 2.27. The fourth-order valence-electron chi connectivity index (χ4n) is 2.47. The van der Waals surface area contributed by atoms with Crippen molar-refractivity contribution in [3.8, 4) is 11.5 Å². The van der Waals surface area contributed by atoms with Gasteiger partial charge >= 0.3 is 0 Å². The van der Waals surface area contributed by atoms with Crippen LogP contribution in [-0.2, 0) is 6.54 Å². The van der Waals surface area contributed by atoms with Gasteiger partial charge in [0.15, 0.2) is 11.5 Å². The summed E-state index contributed by atoms with van der Waals surface area (Å²) < 4.78 is 10.5. The molecule has 0 bridgehead atoms. The Kier molecular flexibility index (Phi) is 6.29. The lowest BCUT2D eigenvalue weighted by molar-refractivity contribution is 0.102. The maximum Gasteiger partial charge on any atom is 0.258 e. The van der Waals surface area contributed by atoms with E-state index < -0.39 is 0 Å². The zero-order chi connectivity index (χ0) is 19.9. The van der Waals surface area contributed by atoms with E-state index in [1.54, 1.807) is 38.5 Å². The Labute approximate surface area is 167 Å². The molecule has 0 aliphatic carbocycles. The Bertz CT molecular complexity index is 964. The lowest BCUT2D eigenvalue weighted by Crippen LogP contribution is -2.13. The number of nitrogens with one attached hydrogen (secondary N) is 2. The molecule has 0 fully saturated rings. The molecule has 7 nitrogen and oxygen atoms in total. The fraction of sp³-hybridized carbons (Fsp3) is 0.150. The number of carbonyl (C=O) groups is 1. The molecule has 3 aromatic rings. The van der Waals surface area contributed by atoms with Crippen LogP contribution in [0.25, 0.3) is 0 Å². The maximum absolute atomic E-state index is 12.3. The van der Waals surface area contributed by atoms with Crippen LogP contribution in [0.3, 0.4) is 0 Å². The third-order valence-corrected chi connectivity index (χ3v) is 4.26. The van der Waals surface area contributed by atoms with Crippen LogP contribution in [0, 0.1) is 0 Å². The van der Waals surface area contributed by atoms with Crippen LogP contribution < -0.4 is 20.1 Å². The van der Waals surface area contributed by atoms with Gasteiger partial charge in [0.1, 0.15) is 0 Å². The number of methoxy groups -OCH3 is 2. The van der Waals surface area contributed by atoms with Gasteiger partial charge in [-0.1, -0.05) is 29.8 Å². The zero-order valence-electron chi connectivity index (χ0n) is 15.4. The van der Waals surface area contributed by atoms with Gasteiger partial charge in [0.25, 0.3) is 5.91 Å². The summed E-state index contributed by atoms with van der Waals surface area (Å²) in [7, 11) is 3.18. The van der Waals surface area contributed by atoms with Crippen molar-refractivity contribution in [3.05, 3.63) is 71.0 Å². The van der Waals surface area contributed by atoms with Gasteiger partial charge in [-0.3, -0.25) is 4.79 Å². The third kappa shape index (κ3) is 4.69. The number of amides is 1. The Hall–Kier alpha value is -3.32. The van der Waals surface area contributed by atoms with Gasteiger partial charge < -0.3 is 20.1 Å². The Morgan fingerprint density at radius 1 is 1.04 bits per heavy atom. The maximum atomic E-state index is 12.3. The number of anilines is 2. The average molecular weight is 399 g/mol. The van der Waals surface area contributed by atoms with Crippen molar-refractivity contribution >= 4 is 29.1 Å². The van der Waals surface area contributed by atoms with Crippen LogP contribution >= 0.6 is 11.6 Å². The summed E-state index contributed by atoms with van der Waals surface area (Å²) >= 11 is 6.05. The van der Waals surface area contributed by atoms with Crippen LogP contribution in [0.4, 0.5) is 11.6 Å². The molecule has 1 amide bonds. The summed E-state index contributed by atoms with van der Waals surface area (Å²) in [5, 5.41) is 6.30. The topological polar surface area (TPSA) is 85.4 Å². The van der Waals surface area contributed by atoms with E-state index in [2.05, 4.69) is 20.6 Å². The van der Waals surface area contributed by atoms with Crippen LogP contribution in [0.5, 0.6) is 11.5 Å². The quantitative estimate of drug-likeness (QED) is 0.625. The first-order valence-electron chi connectivity index (χ1n) is 8.43. The highest BCUT2D eigenvalue weighted by molar-refractivity contribution is 6.33. The first kappa shape index (κ1) is 19.4. The van der Waals surface area contributed by atoms with Crippen molar-refractivity contribution in [3.63, 3.8) is 0 Å². The van der Waals surface area contributed by atoms with E-state index >= 15 is 0 Å². The number of hydrogen-bond donors (Lipinski definition) is 2. The number of ether oxygens (including phenoxy) is 2. The predicted molar refractivity (Wildman–Crippen MR) is 108 cm³/mol. The van der Waals surface area contributed by atoms with Crippen LogP contribution in [-0.4, -0.2) is 30.1 Å². The second kappa shape index (κ2) is 9.05. The molecule has 0 spiro atoms.